The highest BCUT2D eigenvalue weighted by Crippen LogP contribution is 2.24. The van der Waals surface area contributed by atoms with Crippen LogP contribution in [0.4, 0.5) is 0 Å². The molecule has 0 saturated carbocycles. The van der Waals surface area contributed by atoms with Gasteiger partial charge in [-0.3, -0.25) is 0 Å². The topological polar surface area (TPSA) is 81.2 Å². The van der Waals surface area contributed by atoms with E-state index in [0.29, 0.717) is 5.03 Å². The van der Waals surface area contributed by atoms with E-state index < -0.39 is 5.09 Å². The number of aromatic nitrogens is 2. The molecule has 0 radical (unpaired) electrons. The molecule has 0 unspecified atom stereocenters. The second-order valence-corrected chi connectivity index (χ2v) is 4.69. The molecule has 3 rings (SSSR count). The molecule has 0 amide bonds. The lowest BCUT2D eigenvalue weighted by molar-refractivity contribution is -0.742. The summed E-state index contributed by atoms with van der Waals surface area (Å²) >= 11 is 6.31. The summed E-state index contributed by atoms with van der Waals surface area (Å²) in [5.74, 6) is 0. The molecule has 6 nitrogen and oxygen atoms in total. The van der Waals surface area contributed by atoms with E-state index in [1.54, 1.807) is 12.5 Å². The van der Waals surface area contributed by atoms with E-state index in [1.165, 1.54) is 10.8 Å². The van der Waals surface area contributed by atoms with Crippen molar-refractivity contribution >= 4 is 33.6 Å². The van der Waals surface area contributed by atoms with Crippen LogP contribution in [0.1, 0.15) is 5.56 Å². The quantitative estimate of drug-likeness (QED) is 0.574. The lowest BCUT2D eigenvalue weighted by Crippen LogP contribution is -1.83. The van der Waals surface area contributed by atoms with Gasteiger partial charge >= 0.3 is 0 Å². The highest BCUT2D eigenvalue weighted by Gasteiger charge is 2.00. The molecule has 3 aromatic rings. The molecule has 0 fully saturated rings. The van der Waals surface area contributed by atoms with Crippen LogP contribution in [0.25, 0.3) is 22.0 Å². The average molecular weight is 318 g/mol. The van der Waals surface area contributed by atoms with Gasteiger partial charge in [-0.25, -0.2) is 4.98 Å². The first-order chi connectivity index (χ1) is 10.6. The molecule has 0 bridgehead atoms. The molecule has 1 heterocycles. The minimum absolute atomic E-state index is 0.693. The van der Waals surface area contributed by atoms with Gasteiger partial charge < -0.3 is 9.77 Å². The molecule has 0 atom stereocenters. The van der Waals surface area contributed by atoms with Crippen LogP contribution in [0, 0.1) is 10.1 Å². The normalized spacial score (nSPS) is 10.9. The van der Waals surface area contributed by atoms with Crippen LogP contribution >= 0.6 is 11.6 Å². The summed E-state index contributed by atoms with van der Waals surface area (Å²) in [5, 5.41) is 16.7. The lowest BCUT2D eigenvalue weighted by Gasteiger charge is -2.03. The van der Waals surface area contributed by atoms with Gasteiger partial charge in [0.25, 0.3) is 5.09 Å². The second kappa shape index (κ2) is 7.24. The van der Waals surface area contributed by atoms with E-state index in [0.717, 1.165) is 5.56 Å². The number of rotatable bonds is 2. The zero-order valence-corrected chi connectivity index (χ0v) is 12.1. The van der Waals surface area contributed by atoms with Crippen molar-refractivity contribution in [1.29, 1.82) is 0 Å². The average Bonchev–Trinajstić information content (AvgIpc) is 2.99. The summed E-state index contributed by atoms with van der Waals surface area (Å²) in [6, 6.07) is 14.4. The van der Waals surface area contributed by atoms with Gasteiger partial charge in [0.15, 0.2) is 0 Å². The van der Waals surface area contributed by atoms with Gasteiger partial charge in [-0.2, -0.15) is 0 Å². The van der Waals surface area contributed by atoms with Gasteiger partial charge in [0, 0.05) is 18.6 Å². The van der Waals surface area contributed by atoms with E-state index in [-0.39, 0.29) is 0 Å². The highest BCUT2D eigenvalue weighted by molar-refractivity contribution is 6.50. The number of hydrogen-bond acceptors (Lipinski definition) is 3. The zero-order valence-electron chi connectivity index (χ0n) is 11.3. The largest absolute Gasteiger partial charge is 0.328 e. The molecule has 112 valence electrons. The van der Waals surface area contributed by atoms with Crippen LogP contribution in [-0.4, -0.2) is 19.8 Å². The minimum atomic E-state index is -1.50. The van der Waals surface area contributed by atoms with E-state index in [2.05, 4.69) is 29.2 Å². The molecule has 22 heavy (non-hydrogen) atoms. The standard InChI is InChI=1S/C15H11ClN2.HNO3/c16-15(10-18-8-7-17-11-18)14-6-5-12-3-1-2-4-13(12)9-14;2-1(3)4/h1-11H;(H,2,3,4)/b15-10+;. The van der Waals surface area contributed by atoms with Gasteiger partial charge in [0.05, 0.1) is 11.4 Å². The molecule has 7 heteroatoms. The lowest BCUT2D eigenvalue weighted by atomic mass is 10.1. The number of imidazole rings is 1. The van der Waals surface area contributed by atoms with Crippen molar-refractivity contribution in [2.24, 2.45) is 0 Å². The number of benzene rings is 2. The Morgan fingerprint density at radius 3 is 2.59 bits per heavy atom. The minimum Gasteiger partial charge on any atom is -0.328 e. The van der Waals surface area contributed by atoms with E-state index in [9.17, 15) is 0 Å². The van der Waals surface area contributed by atoms with Crippen LogP contribution in [-0.2, 0) is 0 Å². The Morgan fingerprint density at radius 2 is 1.95 bits per heavy atom. The van der Waals surface area contributed by atoms with E-state index >= 15 is 0 Å². The third kappa shape index (κ3) is 4.32. The second-order valence-electron chi connectivity index (χ2n) is 4.29. The maximum Gasteiger partial charge on any atom is 0.291 e. The Labute approximate surface area is 131 Å². The van der Waals surface area contributed by atoms with Crippen molar-refractivity contribution in [2.45, 2.75) is 0 Å². The summed E-state index contributed by atoms with van der Waals surface area (Å²) < 4.78 is 1.83. The van der Waals surface area contributed by atoms with E-state index in [1.807, 2.05) is 35.2 Å². The summed E-state index contributed by atoms with van der Waals surface area (Å²) in [6.45, 7) is 0. The van der Waals surface area contributed by atoms with Crippen molar-refractivity contribution in [3.05, 3.63) is 76.9 Å². The molecule has 2 aromatic carbocycles. The maximum absolute atomic E-state index is 8.36. The summed E-state index contributed by atoms with van der Waals surface area (Å²) in [5.41, 5.74) is 1.00. The predicted octanol–water partition coefficient (Wildman–Crippen LogP) is 3.88. The van der Waals surface area contributed by atoms with Crippen LogP contribution in [0.5, 0.6) is 0 Å². The third-order valence-electron chi connectivity index (χ3n) is 2.81. The van der Waals surface area contributed by atoms with Crippen molar-refractivity contribution in [1.82, 2.24) is 9.55 Å². The fourth-order valence-corrected chi connectivity index (χ4v) is 2.12. The highest BCUT2D eigenvalue weighted by atomic mass is 35.5. The Hall–Kier alpha value is -2.86. The fourth-order valence-electron chi connectivity index (χ4n) is 1.89. The fraction of sp³-hybridized carbons (Fsp3) is 0. The third-order valence-corrected chi connectivity index (χ3v) is 3.13. The van der Waals surface area contributed by atoms with Crippen molar-refractivity contribution in [2.75, 3.05) is 0 Å². The van der Waals surface area contributed by atoms with E-state index in [4.69, 9.17) is 26.9 Å². The van der Waals surface area contributed by atoms with Gasteiger partial charge in [0.2, 0.25) is 0 Å². The van der Waals surface area contributed by atoms with Crippen LogP contribution in [0.15, 0.2) is 61.2 Å². The summed E-state index contributed by atoms with van der Waals surface area (Å²) in [7, 11) is 0. The van der Waals surface area contributed by atoms with Gasteiger partial charge in [-0.1, -0.05) is 48.0 Å². The summed E-state index contributed by atoms with van der Waals surface area (Å²) in [4.78, 5) is 12.3. The van der Waals surface area contributed by atoms with Crippen LogP contribution in [0.2, 0.25) is 0 Å². The first kappa shape index (κ1) is 15.5. The molecule has 0 saturated heterocycles. The van der Waals surface area contributed by atoms with Crippen molar-refractivity contribution < 1.29 is 10.3 Å². The molecule has 1 N–H and O–H groups in total. The van der Waals surface area contributed by atoms with Gasteiger partial charge in [-0.15, -0.1) is 10.1 Å². The molecule has 0 aliphatic rings. The number of hydrogen-bond donors (Lipinski definition) is 1. The number of fused-ring (bicyclic) bond motifs is 1. The van der Waals surface area contributed by atoms with Crippen molar-refractivity contribution in [3.63, 3.8) is 0 Å². The molecule has 0 aliphatic heterocycles. The zero-order chi connectivity index (χ0) is 15.9. The number of nitrogens with zero attached hydrogens (tertiary/aromatic N) is 3. The van der Waals surface area contributed by atoms with Crippen molar-refractivity contribution in [3.8, 4) is 0 Å². The smallest absolute Gasteiger partial charge is 0.291 e. The molecule has 0 aliphatic carbocycles. The summed E-state index contributed by atoms with van der Waals surface area (Å²) in [6.07, 6.45) is 7.13. The Balaban J connectivity index is 0.000000396. The molecular weight excluding hydrogens is 306 g/mol. The first-order valence-corrected chi connectivity index (χ1v) is 6.61. The van der Waals surface area contributed by atoms with Crippen LogP contribution < -0.4 is 0 Å². The first-order valence-electron chi connectivity index (χ1n) is 6.23. The molecule has 1 aromatic heterocycles. The predicted molar refractivity (Wildman–Crippen MR) is 85.0 cm³/mol. The maximum atomic E-state index is 8.36. The monoisotopic (exact) mass is 317 g/mol. The number of halogens is 1. The Morgan fingerprint density at radius 1 is 1.27 bits per heavy atom. The SMILES string of the molecule is Cl/C(=C/n1ccnc1)c1ccc2ccccc2c1.O=[N+]([O-])O. The van der Waals surface area contributed by atoms with Gasteiger partial charge in [0.1, 0.15) is 0 Å². The Kier molecular flexibility index (Phi) is 5.11. The molecule has 0 spiro atoms. The Bertz CT molecular complexity index is 797. The van der Waals surface area contributed by atoms with Gasteiger partial charge in [-0.05, 0) is 22.4 Å². The van der Waals surface area contributed by atoms with Crippen LogP contribution in [0.3, 0.4) is 0 Å². The molecular formula is C15H12ClN3O3.